The fourth-order valence-electron chi connectivity index (χ4n) is 2.07. The number of aromatic nitrogens is 1. The van der Waals surface area contributed by atoms with E-state index in [-0.39, 0.29) is 5.91 Å². The number of carbonyl (C=O) groups excluding carboxylic acids is 1. The fourth-order valence-corrected chi connectivity index (χ4v) is 2.51. The van der Waals surface area contributed by atoms with E-state index in [4.69, 9.17) is 0 Å². The van der Waals surface area contributed by atoms with Crippen LogP contribution in [0.3, 0.4) is 0 Å². The maximum absolute atomic E-state index is 12.2. The number of amides is 1. The summed E-state index contributed by atoms with van der Waals surface area (Å²) in [5.74, 6) is 0.00455. The van der Waals surface area contributed by atoms with E-state index < -0.39 is 5.54 Å². The Morgan fingerprint density at radius 1 is 1.25 bits per heavy atom. The molecule has 1 aromatic heterocycles. The highest BCUT2D eigenvalue weighted by atomic mass is 79.9. The van der Waals surface area contributed by atoms with Gasteiger partial charge in [0.2, 0.25) is 5.91 Å². The molecule has 2 rings (SSSR count). The second-order valence-corrected chi connectivity index (χ2v) is 6.13. The average molecular weight is 333 g/mol. The third-order valence-electron chi connectivity index (χ3n) is 3.11. The Labute approximate surface area is 127 Å². The Hall–Kier alpha value is -1.68. The van der Waals surface area contributed by atoms with E-state index in [0.29, 0.717) is 6.42 Å². The van der Waals surface area contributed by atoms with Crippen LogP contribution in [-0.2, 0) is 16.8 Å². The Balaban J connectivity index is 2.04. The summed E-state index contributed by atoms with van der Waals surface area (Å²) < 4.78 is 0.983. The minimum absolute atomic E-state index is 0.00455. The first-order valence-electron chi connectivity index (χ1n) is 6.43. The SMILES string of the molecule is CC(C)(NC(=O)Cc1cccc(Br)c1)c1ccncc1. The molecule has 0 spiro atoms. The van der Waals surface area contributed by atoms with Crippen LogP contribution in [-0.4, -0.2) is 10.9 Å². The lowest BCUT2D eigenvalue weighted by molar-refractivity contribution is -0.122. The monoisotopic (exact) mass is 332 g/mol. The summed E-state index contributed by atoms with van der Waals surface area (Å²) in [5.41, 5.74) is 1.61. The average Bonchev–Trinajstić information content (AvgIpc) is 2.39. The number of nitrogens with zero attached hydrogens (tertiary/aromatic N) is 1. The fraction of sp³-hybridized carbons (Fsp3) is 0.250. The van der Waals surface area contributed by atoms with Gasteiger partial charge in [-0.1, -0.05) is 28.1 Å². The lowest BCUT2D eigenvalue weighted by atomic mass is 9.95. The standard InChI is InChI=1S/C16H17BrN2O/c1-16(2,13-6-8-18-9-7-13)19-15(20)11-12-4-3-5-14(17)10-12/h3-10H,11H2,1-2H3,(H,19,20). The molecule has 104 valence electrons. The van der Waals surface area contributed by atoms with Crippen molar-refractivity contribution < 1.29 is 4.79 Å². The third-order valence-corrected chi connectivity index (χ3v) is 3.60. The van der Waals surface area contributed by atoms with E-state index in [2.05, 4.69) is 26.2 Å². The number of nitrogens with one attached hydrogen (secondary N) is 1. The molecular weight excluding hydrogens is 316 g/mol. The van der Waals surface area contributed by atoms with E-state index in [0.717, 1.165) is 15.6 Å². The van der Waals surface area contributed by atoms with Crippen LogP contribution < -0.4 is 5.32 Å². The van der Waals surface area contributed by atoms with E-state index in [9.17, 15) is 4.79 Å². The van der Waals surface area contributed by atoms with Gasteiger partial charge in [0.05, 0.1) is 12.0 Å². The van der Waals surface area contributed by atoms with Gasteiger partial charge in [0.25, 0.3) is 0 Å². The minimum atomic E-state index is -0.411. The first kappa shape index (κ1) is 14.7. The molecule has 2 aromatic rings. The maximum atomic E-state index is 12.2. The Morgan fingerprint density at radius 2 is 1.95 bits per heavy atom. The largest absolute Gasteiger partial charge is 0.347 e. The molecule has 0 aliphatic heterocycles. The normalized spacial score (nSPS) is 11.2. The molecule has 1 heterocycles. The van der Waals surface area contributed by atoms with Crippen molar-refractivity contribution in [1.29, 1.82) is 0 Å². The molecule has 1 aromatic carbocycles. The van der Waals surface area contributed by atoms with Crippen molar-refractivity contribution in [2.75, 3.05) is 0 Å². The van der Waals surface area contributed by atoms with Crippen LogP contribution in [0.5, 0.6) is 0 Å². The van der Waals surface area contributed by atoms with Crippen LogP contribution in [0.25, 0.3) is 0 Å². The molecule has 20 heavy (non-hydrogen) atoms. The molecule has 0 atom stereocenters. The number of hydrogen-bond acceptors (Lipinski definition) is 2. The molecule has 4 heteroatoms. The molecule has 1 N–H and O–H groups in total. The summed E-state index contributed by atoms with van der Waals surface area (Å²) in [6.07, 6.45) is 3.84. The van der Waals surface area contributed by atoms with Crippen LogP contribution in [0.2, 0.25) is 0 Å². The van der Waals surface area contributed by atoms with Crippen molar-refractivity contribution in [1.82, 2.24) is 10.3 Å². The summed E-state index contributed by atoms with van der Waals surface area (Å²) in [4.78, 5) is 16.2. The third kappa shape index (κ3) is 3.90. The van der Waals surface area contributed by atoms with E-state index >= 15 is 0 Å². The number of benzene rings is 1. The lowest BCUT2D eigenvalue weighted by Gasteiger charge is -2.26. The van der Waals surface area contributed by atoms with Crippen molar-refractivity contribution in [2.24, 2.45) is 0 Å². The molecule has 0 aliphatic rings. The molecule has 0 unspecified atom stereocenters. The van der Waals surface area contributed by atoms with Gasteiger partial charge in [-0.3, -0.25) is 9.78 Å². The highest BCUT2D eigenvalue weighted by Crippen LogP contribution is 2.19. The highest BCUT2D eigenvalue weighted by molar-refractivity contribution is 9.10. The van der Waals surface area contributed by atoms with Gasteiger partial charge in [-0.05, 0) is 49.2 Å². The predicted molar refractivity (Wildman–Crippen MR) is 83.3 cm³/mol. The Morgan fingerprint density at radius 3 is 2.60 bits per heavy atom. The molecule has 0 aliphatic carbocycles. The van der Waals surface area contributed by atoms with Gasteiger partial charge < -0.3 is 5.32 Å². The van der Waals surface area contributed by atoms with Crippen molar-refractivity contribution >= 4 is 21.8 Å². The molecule has 0 saturated heterocycles. The first-order chi connectivity index (χ1) is 9.47. The number of pyridine rings is 1. The zero-order chi connectivity index (χ0) is 14.6. The van der Waals surface area contributed by atoms with Crippen LogP contribution in [0.15, 0.2) is 53.3 Å². The summed E-state index contributed by atoms with van der Waals surface area (Å²) in [5, 5.41) is 3.06. The van der Waals surface area contributed by atoms with Gasteiger partial charge >= 0.3 is 0 Å². The van der Waals surface area contributed by atoms with Gasteiger partial charge in [0, 0.05) is 16.9 Å². The summed E-state index contributed by atoms with van der Waals surface area (Å²) in [7, 11) is 0. The predicted octanol–water partition coefficient (Wildman–Crippen LogP) is 3.44. The topological polar surface area (TPSA) is 42.0 Å². The molecule has 3 nitrogen and oxygen atoms in total. The number of carbonyl (C=O) groups is 1. The quantitative estimate of drug-likeness (QED) is 0.931. The first-order valence-corrected chi connectivity index (χ1v) is 7.22. The zero-order valence-corrected chi connectivity index (χ0v) is 13.1. The van der Waals surface area contributed by atoms with Crippen molar-refractivity contribution in [3.05, 3.63) is 64.4 Å². The maximum Gasteiger partial charge on any atom is 0.225 e. The van der Waals surface area contributed by atoms with Crippen molar-refractivity contribution in [2.45, 2.75) is 25.8 Å². The van der Waals surface area contributed by atoms with Gasteiger partial charge in [-0.15, -0.1) is 0 Å². The molecule has 1 amide bonds. The summed E-state index contributed by atoms with van der Waals surface area (Å²) in [6.45, 7) is 3.97. The number of halogens is 1. The molecule has 0 radical (unpaired) electrons. The minimum Gasteiger partial charge on any atom is -0.347 e. The highest BCUT2D eigenvalue weighted by Gasteiger charge is 2.22. The Bertz CT molecular complexity index is 596. The van der Waals surface area contributed by atoms with Gasteiger partial charge in [-0.2, -0.15) is 0 Å². The molecule has 0 bridgehead atoms. The second-order valence-electron chi connectivity index (χ2n) is 5.22. The van der Waals surface area contributed by atoms with Crippen molar-refractivity contribution in [3.8, 4) is 0 Å². The second kappa shape index (κ2) is 6.18. The van der Waals surface area contributed by atoms with Crippen LogP contribution in [0, 0.1) is 0 Å². The van der Waals surface area contributed by atoms with Gasteiger partial charge in [0.15, 0.2) is 0 Å². The van der Waals surface area contributed by atoms with Crippen molar-refractivity contribution in [3.63, 3.8) is 0 Å². The van der Waals surface area contributed by atoms with Crippen LogP contribution in [0.1, 0.15) is 25.0 Å². The lowest BCUT2D eigenvalue weighted by Crippen LogP contribution is -2.41. The summed E-state index contributed by atoms with van der Waals surface area (Å²) in [6, 6.07) is 11.6. The Kier molecular flexibility index (Phi) is 4.55. The van der Waals surface area contributed by atoms with Crippen LogP contribution in [0.4, 0.5) is 0 Å². The van der Waals surface area contributed by atoms with Gasteiger partial charge in [0.1, 0.15) is 0 Å². The van der Waals surface area contributed by atoms with E-state index in [1.165, 1.54) is 0 Å². The zero-order valence-electron chi connectivity index (χ0n) is 11.6. The number of rotatable bonds is 4. The molecule has 0 fully saturated rings. The molecule has 0 saturated carbocycles. The summed E-state index contributed by atoms with van der Waals surface area (Å²) >= 11 is 3.41. The smallest absolute Gasteiger partial charge is 0.225 e. The van der Waals surface area contributed by atoms with E-state index in [1.807, 2.05) is 50.2 Å². The van der Waals surface area contributed by atoms with E-state index in [1.54, 1.807) is 12.4 Å². The number of hydrogen-bond donors (Lipinski definition) is 1. The van der Waals surface area contributed by atoms with Crippen LogP contribution >= 0.6 is 15.9 Å². The van der Waals surface area contributed by atoms with Gasteiger partial charge in [-0.25, -0.2) is 0 Å². The molecular formula is C16H17BrN2O.